The largest absolute Gasteiger partial charge is 0.357 e. The number of benzene rings is 1. The van der Waals surface area contributed by atoms with Gasteiger partial charge in [-0.3, -0.25) is 4.79 Å². The third-order valence-corrected chi connectivity index (χ3v) is 4.19. The van der Waals surface area contributed by atoms with Gasteiger partial charge in [0.2, 0.25) is 5.91 Å². The lowest BCUT2D eigenvalue weighted by Gasteiger charge is -2.35. The maximum absolute atomic E-state index is 11.7. The topological polar surface area (TPSA) is 44.4 Å². The Morgan fingerprint density at radius 3 is 3.11 bits per heavy atom. The first-order valence-electron chi connectivity index (χ1n) is 6.25. The molecule has 0 spiro atoms. The number of rotatable bonds is 0. The molecule has 0 aromatic heterocycles. The van der Waals surface area contributed by atoms with Gasteiger partial charge in [-0.2, -0.15) is 0 Å². The van der Waals surface area contributed by atoms with Gasteiger partial charge in [0.25, 0.3) is 0 Å². The summed E-state index contributed by atoms with van der Waals surface area (Å²) in [4.78, 5) is 14.0. The highest BCUT2D eigenvalue weighted by molar-refractivity contribution is 8.93. The fourth-order valence-electron chi connectivity index (χ4n) is 3.52. The molecule has 4 rings (SSSR count). The Kier molecular flexibility index (Phi) is 2.83. The molecular weight excluding hydrogens is 294 g/mol. The Morgan fingerprint density at radius 1 is 1.33 bits per heavy atom. The van der Waals surface area contributed by atoms with E-state index in [1.807, 2.05) is 6.07 Å². The highest BCUT2D eigenvalue weighted by Crippen LogP contribution is 2.48. The van der Waals surface area contributed by atoms with E-state index in [-0.39, 0.29) is 22.9 Å². The zero-order valence-corrected chi connectivity index (χ0v) is 11.7. The molecule has 1 aromatic carbocycles. The van der Waals surface area contributed by atoms with Crippen molar-refractivity contribution in [2.45, 2.75) is 18.4 Å². The molecule has 0 unspecified atom stereocenters. The van der Waals surface area contributed by atoms with Crippen LogP contribution in [0.5, 0.6) is 0 Å². The molecule has 0 bridgehead atoms. The maximum Gasteiger partial charge on any atom is 0.243 e. The third-order valence-electron chi connectivity index (χ3n) is 4.19. The number of amides is 1. The number of hydrogen-bond acceptors (Lipinski definition) is 3. The van der Waals surface area contributed by atoms with Crippen LogP contribution in [-0.4, -0.2) is 31.6 Å². The number of para-hydroxylation sites is 1. The van der Waals surface area contributed by atoms with Crippen molar-refractivity contribution >= 4 is 34.3 Å². The van der Waals surface area contributed by atoms with E-state index >= 15 is 0 Å². The second kappa shape index (κ2) is 4.24. The van der Waals surface area contributed by atoms with E-state index in [4.69, 9.17) is 0 Å². The summed E-state index contributed by atoms with van der Waals surface area (Å²) in [5.74, 6) is 0.667. The molecule has 2 atom stereocenters. The minimum absolute atomic E-state index is 0. The van der Waals surface area contributed by atoms with Crippen molar-refractivity contribution in [3.63, 3.8) is 0 Å². The van der Waals surface area contributed by atoms with Gasteiger partial charge in [-0.25, -0.2) is 0 Å². The smallest absolute Gasteiger partial charge is 0.243 e. The van der Waals surface area contributed by atoms with Gasteiger partial charge in [0.1, 0.15) is 0 Å². The Morgan fingerprint density at radius 2 is 2.22 bits per heavy atom. The van der Waals surface area contributed by atoms with Crippen molar-refractivity contribution in [3.8, 4) is 0 Å². The van der Waals surface area contributed by atoms with Crippen molar-refractivity contribution in [1.82, 2.24) is 5.32 Å². The summed E-state index contributed by atoms with van der Waals surface area (Å²) >= 11 is 0. The van der Waals surface area contributed by atoms with Gasteiger partial charge in [-0.15, -0.1) is 17.0 Å². The number of fused-ring (bicyclic) bond motifs is 3. The number of halogens is 1. The Bertz CT molecular complexity index is 505. The van der Waals surface area contributed by atoms with E-state index in [2.05, 4.69) is 27.7 Å². The fourth-order valence-corrected chi connectivity index (χ4v) is 3.52. The van der Waals surface area contributed by atoms with Gasteiger partial charge in [0, 0.05) is 18.5 Å². The molecule has 18 heavy (non-hydrogen) atoms. The van der Waals surface area contributed by atoms with Crippen molar-refractivity contribution in [1.29, 1.82) is 0 Å². The lowest BCUT2D eigenvalue weighted by molar-refractivity contribution is -0.115. The van der Waals surface area contributed by atoms with Crippen LogP contribution in [0.3, 0.4) is 0 Å². The van der Waals surface area contributed by atoms with Crippen LogP contribution in [0.2, 0.25) is 0 Å². The highest BCUT2D eigenvalue weighted by atomic mass is 79.9. The first-order valence-corrected chi connectivity index (χ1v) is 6.25. The Balaban J connectivity index is 0.000001000. The molecule has 3 heterocycles. The lowest BCUT2D eigenvalue weighted by atomic mass is 9.90. The van der Waals surface area contributed by atoms with Gasteiger partial charge < -0.3 is 15.5 Å². The summed E-state index contributed by atoms with van der Waals surface area (Å²) in [6.45, 7) is 2.61. The number of piperidine rings is 1. The number of carbonyl (C=O) groups is 1. The van der Waals surface area contributed by atoms with E-state index in [0.29, 0.717) is 18.5 Å². The fraction of sp³-hybridized carbons (Fsp3) is 0.462. The predicted molar refractivity (Wildman–Crippen MR) is 76.8 cm³/mol. The van der Waals surface area contributed by atoms with Gasteiger partial charge in [0.15, 0.2) is 0 Å². The predicted octanol–water partition coefficient (Wildman–Crippen LogP) is 1.48. The van der Waals surface area contributed by atoms with E-state index in [1.165, 1.54) is 11.3 Å². The molecule has 1 aromatic rings. The molecule has 0 radical (unpaired) electrons. The molecule has 0 saturated carbocycles. The first-order chi connectivity index (χ1) is 8.34. The van der Waals surface area contributed by atoms with Crippen LogP contribution in [0.15, 0.2) is 18.2 Å². The minimum atomic E-state index is 0. The van der Waals surface area contributed by atoms with Gasteiger partial charge in [-0.05, 0) is 24.6 Å². The number of nitrogens with one attached hydrogen (secondary N) is 2. The van der Waals surface area contributed by atoms with Crippen molar-refractivity contribution in [3.05, 3.63) is 23.8 Å². The molecule has 96 valence electrons. The molecule has 5 heteroatoms. The number of hydrogen-bond donors (Lipinski definition) is 2. The average Bonchev–Trinajstić information content (AvgIpc) is 2.67. The third kappa shape index (κ3) is 1.50. The minimum Gasteiger partial charge on any atom is -0.357 e. The monoisotopic (exact) mass is 309 g/mol. The molecule has 2 N–H and O–H groups in total. The van der Waals surface area contributed by atoms with Crippen LogP contribution in [0.1, 0.15) is 17.9 Å². The number of anilines is 2. The SMILES string of the molecule is Br.O=C1CN2c3c(cccc3[C@@H]3CNCC[C@@H]32)N1. The van der Waals surface area contributed by atoms with E-state index in [1.54, 1.807) is 0 Å². The molecule has 3 aliphatic rings. The van der Waals surface area contributed by atoms with Crippen LogP contribution in [0.4, 0.5) is 11.4 Å². The highest BCUT2D eigenvalue weighted by Gasteiger charge is 2.43. The second-order valence-corrected chi connectivity index (χ2v) is 5.09. The summed E-state index contributed by atoms with van der Waals surface area (Å²) in [6.07, 6.45) is 1.13. The van der Waals surface area contributed by atoms with E-state index in [9.17, 15) is 4.79 Å². The van der Waals surface area contributed by atoms with Crippen LogP contribution in [-0.2, 0) is 4.79 Å². The van der Waals surface area contributed by atoms with Gasteiger partial charge >= 0.3 is 0 Å². The first kappa shape index (κ1) is 12.0. The number of nitrogens with zero attached hydrogens (tertiary/aromatic N) is 1. The molecule has 1 amide bonds. The summed E-state index contributed by atoms with van der Waals surface area (Å²) < 4.78 is 0. The van der Waals surface area contributed by atoms with Crippen molar-refractivity contribution in [2.24, 2.45) is 0 Å². The Labute approximate surface area is 117 Å². The molecule has 1 fully saturated rings. The Hall–Kier alpha value is -1.07. The van der Waals surface area contributed by atoms with E-state index in [0.717, 1.165) is 25.2 Å². The lowest BCUT2D eigenvalue weighted by Crippen LogP contribution is -2.48. The van der Waals surface area contributed by atoms with E-state index < -0.39 is 0 Å². The molecule has 4 nitrogen and oxygen atoms in total. The summed E-state index contributed by atoms with van der Waals surface area (Å²) in [5, 5.41) is 6.44. The van der Waals surface area contributed by atoms with Crippen LogP contribution < -0.4 is 15.5 Å². The maximum atomic E-state index is 11.7. The summed E-state index contributed by atoms with van der Waals surface area (Å²) in [7, 11) is 0. The van der Waals surface area contributed by atoms with Crippen LogP contribution >= 0.6 is 17.0 Å². The van der Waals surface area contributed by atoms with Crippen LogP contribution in [0, 0.1) is 0 Å². The van der Waals surface area contributed by atoms with Gasteiger partial charge in [0.05, 0.1) is 17.9 Å². The van der Waals surface area contributed by atoms with Crippen molar-refractivity contribution < 1.29 is 4.79 Å². The summed E-state index contributed by atoms with van der Waals surface area (Å²) in [6, 6.07) is 6.78. The molecule has 3 aliphatic heterocycles. The second-order valence-electron chi connectivity index (χ2n) is 5.09. The quantitative estimate of drug-likeness (QED) is 0.763. The molecule has 0 aliphatic carbocycles. The van der Waals surface area contributed by atoms with Gasteiger partial charge in [-0.1, -0.05) is 12.1 Å². The standard InChI is InChI=1S/C13H15N3O.BrH/c17-12-7-16-11-4-5-14-6-9(11)8-2-1-3-10(15-12)13(8)16;/h1-3,9,11,14H,4-7H2,(H,15,17);1H/t9-,11-;/m0./s1. The van der Waals surface area contributed by atoms with Crippen LogP contribution in [0.25, 0.3) is 0 Å². The average molecular weight is 310 g/mol. The van der Waals surface area contributed by atoms with Crippen molar-refractivity contribution in [2.75, 3.05) is 29.9 Å². The molecular formula is C13H16BrN3O. The zero-order valence-electron chi connectivity index (χ0n) is 9.98. The number of carbonyl (C=O) groups excluding carboxylic acids is 1. The zero-order chi connectivity index (χ0) is 11.4. The normalized spacial score (nSPS) is 28.0. The molecule has 1 saturated heterocycles. The summed E-state index contributed by atoms with van der Waals surface area (Å²) in [5.41, 5.74) is 3.67.